The van der Waals surface area contributed by atoms with E-state index in [-0.39, 0.29) is 29.7 Å². The number of hydrogen-bond acceptors (Lipinski definition) is 1. The summed E-state index contributed by atoms with van der Waals surface area (Å²) in [5, 5.41) is 2.32. The van der Waals surface area contributed by atoms with E-state index < -0.39 is 16.9 Å². The van der Waals surface area contributed by atoms with Crippen molar-refractivity contribution >= 4 is 38.9 Å². The summed E-state index contributed by atoms with van der Waals surface area (Å²) in [7, 11) is 0. The van der Waals surface area contributed by atoms with Gasteiger partial charge in [-0.3, -0.25) is 0 Å². The monoisotopic (exact) mass is 1050 g/mol. The fourth-order valence-electron chi connectivity index (χ4n) is 14.0. The number of fused-ring (bicyclic) bond motifs is 9. The third-order valence-electron chi connectivity index (χ3n) is 17.4. The maximum absolute atomic E-state index is 8.85. The van der Waals surface area contributed by atoms with Gasteiger partial charge in [0.05, 0.1) is 28.7 Å². The number of nitrogens with zero attached hydrogens (tertiary/aromatic N) is 2. The second-order valence-corrected chi connectivity index (χ2v) is 21.5. The molecule has 13 aromatic carbocycles. The highest BCUT2D eigenvalue weighted by Gasteiger charge is 2.47. The average Bonchev–Trinajstić information content (AvgIpc) is 1.65. The van der Waals surface area contributed by atoms with E-state index in [2.05, 4.69) is 282 Å². The van der Waals surface area contributed by atoms with Crippen LogP contribution in [0.4, 0.5) is 17.1 Å². The van der Waals surface area contributed by atoms with E-state index in [9.17, 15) is 0 Å². The van der Waals surface area contributed by atoms with Gasteiger partial charge in [-0.05, 0) is 162 Å². The molecule has 0 atom stereocenters. The highest BCUT2D eigenvalue weighted by Crippen LogP contribution is 2.59. The molecule has 0 fully saturated rings. The van der Waals surface area contributed by atoms with Gasteiger partial charge >= 0.3 is 0 Å². The Balaban J connectivity index is 0.870. The molecule has 0 saturated heterocycles. The van der Waals surface area contributed by atoms with Crippen molar-refractivity contribution in [3.63, 3.8) is 0 Å². The van der Waals surface area contributed by atoms with E-state index >= 15 is 0 Å². The first-order valence-electron chi connectivity index (χ1n) is 30.6. The Morgan fingerprint density at radius 2 is 0.683 bits per heavy atom. The third kappa shape index (κ3) is 7.14. The van der Waals surface area contributed by atoms with E-state index in [1.54, 1.807) is 0 Å². The summed E-state index contributed by atoms with van der Waals surface area (Å²) in [5.41, 5.74) is 22.3. The van der Waals surface area contributed by atoms with Gasteiger partial charge in [0.2, 0.25) is 0 Å². The Bertz CT molecular complexity index is 4910. The van der Waals surface area contributed by atoms with Crippen LogP contribution in [0.1, 0.15) is 51.4 Å². The maximum Gasteiger partial charge on any atom is 0.0714 e. The molecule has 2 aliphatic carbocycles. The van der Waals surface area contributed by atoms with Crippen molar-refractivity contribution in [3.8, 4) is 50.2 Å². The van der Waals surface area contributed by atoms with Gasteiger partial charge in [-0.2, -0.15) is 0 Å². The number of hydrogen-bond donors (Lipinski definition) is 0. The summed E-state index contributed by atoms with van der Waals surface area (Å²) in [4.78, 5) is 2.26. The van der Waals surface area contributed by atoms with Crippen molar-refractivity contribution in [1.82, 2.24) is 4.57 Å². The lowest BCUT2D eigenvalue weighted by Crippen LogP contribution is -2.28. The minimum absolute atomic E-state index is 0.166. The van der Waals surface area contributed by atoms with Crippen molar-refractivity contribution in [3.05, 3.63) is 372 Å². The number of anilines is 3. The summed E-state index contributed by atoms with van der Waals surface area (Å²) < 4.78 is 45.3. The quantitative estimate of drug-likeness (QED) is 0.133. The Morgan fingerprint density at radius 3 is 1.21 bits per heavy atom. The van der Waals surface area contributed by atoms with Gasteiger partial charge in [-0.1, -0.05) is 255 Å². The maximum atomic E-state index is 8.85. The minimum Gasteiger partial charge on any atom is -0.310 e. The van der Waals surface area contributed by atoms with Crippen molar-refractivity contribution in [2.45, 2.75) is 10.8 Å². The van der Waals surface area contributed by atoms with Crippen molar-refractivity contribution in [1.29, 1.82) is 0 Å². The van der Waals surface area contributed by atoms with Crippen molar-refractivity contribution < 1.29 is 6.85 Å². The molecule has 82 heavy (non-hydrogen) atoms. The van der Waals surface area contributed by atoms with Crippen LogP contribution < -0.4 is 4.90 Å². The summed E-state index contributed by atoms with van der Waals surface area (Å²) in [6.45, 7) is 0. The molecular formula is C80H54N2. The Morgan fingerprint density at radius 1 is 0.280 bits per heavy atom. The van der Waals surface area contributed by atoms with Gasteiger partial charge in [0.1, 0.15) is 0 Å². The molecule has 0 radical (unpaired) electrons. The van der Waals surface area contributed by atoms with E-state index in [1.165, 1.54) is 61.0 Å². The molecule has 2 nitrogen and oxygen atoms in total. The fraction of sp³-hybridized carbons (Fsp3) is 0.0250. The SMILES string of the molecule is [2H]c1c([2H])c([2H])c(-c2ccc(N(c3ccc(-c4ccc5c(c4)c4cc(C6(c7ccccc7)c7ccccc7-c7ccccc76)ccc4n5-c4ccccc4)cc3)c3ccc4c(c3)C(c3ccccc3)(c3ccccc3)c3ccccc3-4)cc2)c([2H])c1[2H]. The van der Waals surface area contributed by atoms with E-state index in [0.717, 1.165) is 61.4 Å². The van der Waals surface area contributed by atoms with E-state index in [1.807, 2.05) is 24.3 Å². The zero-order valence-electron chi connectivity index (χ0n) is 49.7. The molecule has 14 aromatic rings. The summed E-state index contributed by atoms with van der Waals surface area (Å²) in [6.07, 6.45) is 0. The van der Waals surface area contributed by atoms with Gasteiger partial charge in [0.25, 0.3) is 0 Å². The molecule has 0 bridgehead atoms. The second-order valence-electron chi connectivity index (χ2n) is 21.5. The summed E-state index contributed by atoms with van der Waals surface area (Å²) >= 11 is 0. The number of para-hydroxylation sites is 1. The first-order chi connectivity index (χ1) is 42.7. The van der Waals surface area contributed by atoms with Gasteiger partial charge in [0.15, 0.2) is 0 Å². The third-order valence-corrected chi connectivity index (χ3v) is 17.4. The van der Waals surface area contributed by atoms with E-state index in [4.69, 9.17) is 6.85 Å². The first kappa shape index (κ1) is 42.4. The Hall–Kier alpha value is -10.5. The Kier molecular flexibility index (Phi) is 9.87. The molecule has 2 heteroatoms. The smallest absolute Gasteiger partial charge is 0.0714 e. The van der Waals surface area contributed by atoms with Gasteiger partial charge in [-0.15, -0.1) is 0 Å². The van der Waals surface area contributed by atoms with Crippen LogP contribution in [0.25, 0.3) is 72.0 Å². The highest BCUT2D eigenvalue weighted by molar-refractivity contribution is 6.11. The fourth-order valence-corrected chi connectivity index (χ4v) is 14.0. The van der Waals surface area contributed by atoms with Gasteiger partial charge in [-0.25, -0.2) is 0 Å². The van der Waals surface area contributed by atoms with Crippen LogP contribution in [0.3, 0.4) is 0 Å². The first-order valence-corrected chi connectivity index (χ1v) is 28.1. The molecular weight excluding hydrogens is 989 g/mol. The van der Waals surface area contributed by atoms with Gasteiger partial charge < -0.3 is 9.47 Å². The molecule has 0 spiro atoms. The predicted octanol–water partition coefficient (Wildman–Crippen LogP) is 20.3. The van der Waals surface area contributed by atoms with Crippen LogP contribution in [0.2, 0.25) is 0 Å². The molecule has 384 valence electrons. The molecule has 1 aromatic heterocycles. The van der Waals surface area contributed by atoms with Crippen molar-refractivity contribution in [2.75, 3.05) is 4.90 Å². The lowest BCUT2D eigenvalue weighted by Gasteiger charge is -2.35. The topological polar surface area (TPSA) is 8.17 Å². The average molecular weight is 1050 g/mol. The molecule has 16 rings (SSSR count). The minimum atomic E-state index is -0.637. The van der Waals surface area contributed by atoms with Crippen LogP contribution in [0, 0.1) is 0 Å². The van der Waals surface area contributed by atoms with E-state index in [0.29, 0.717) is 5.56 Å². The Labute approximate surface area is 485 Å². The lowest BCUT2D eigenvalue weighted by molar-refractivity contribution is 0.768. The molecule has 0 aliphatic heterocycles. The second kappa shape index (κ2) is 19.1. The lowest BCUT2D eigenvalue weighted by atomic mass is 9.67. The molecule has 2 aliphatic rings. The summed E-state index contributed by atoms with van der Waals surface area (Å²) in [6, 6.07) is 106. The number of rotatable bonds is 10. The zero-order valence-corrected chi connectivity index (χ0v) is 44.7. The van der Waals surface area contributed by atoms with Crippen LogP contribution in [-0.2, 0) is 10.8 Å². The molecule has 0 saturated carbocycles. The van der Waals surface area contributed by atoms with Crippen LogP contribution in [0.5, 0.6) is 0 Å². The van der Waals surface area contributed by atoms with Crippen LogP contribution in [0.15, 0.2) is 327 Å². The zero-order chi connectivity index (χ0) is 58.5. The molecule has 1 heterocycles. The highest BCUT2D eigenvalue weighted by atomic mass is 15.1. The van der Waals surface area contributed by atoms with Gasteiger partial charge in [0, 0.05) is 33.5 Å². The predicted molar refractivity (Wildman–Crippen MR) is 341 cm³/mol. The molecule has 0 unspecified atom stereocenters. The molecule has 0 N–H and O–H groups in total. The van der Waals surface area contributed by atoms with Crippen molar-refractivity contribution in [2.24, 2.45) is 0 Å². The summed E-state index contributed by atoms with van der Waals surface area (Å²) in [5.74, 6) is 0. The number of aromatic nitrogens is 1. The van der Waals surface area contributed by atoms with Crippen LogP contribution >= 0.6 is 0 Å². The van der Waals surface area contributed by atoms with Crippen LogP contribution in [-0.4, -0.2) is 4.57 Å². The standard InChI is InChI=1S/C80H54N2/c1-6-22-55(23-7-1)56-38-44-64(45-39-56)81(66-48-49-70-69-34-18-19-35-73(69)79(76(70)54-66,59-24-8-2-9-25-59)60-26-10-3-11-27-60)65-46-40-57(41-47-65)58-42-50-77-71(52-58)72-53-62(43-51-78(72)82(77)63-30-14-5-15-31-63)80(61-28-12-4-13-29-61)74-36-20-16-32-67(74)68-33-17-21-37-75(68)80/h1-54H/i1D,6D,7D,22D,23D. The number of benzene rings is 13. The normalized spacial score (nSPS) is 14.2. The largest absolute Gasteiger partial charge is 0.310 e. The molecule has 0 amide bonds.